The molecule has 0 aromatic heterocycles. The van der Waals surface area contributed by atoms with E-state index < -0.39 is 0 Å². The molecule has 0 saturated carbocycles. The molecule has 0 saturated heterocycles. The number of carbonyl (C=O) groups is 1. The van der Waals surface area contributed by atoms with Crippen molar-refractivity contribution in [2.24, 2.45) is 0 Å². The number of hydrogen-bond donors (Lipinski definition) is 1. The largest absolute Gasteiger partial charge is 1.00 e. The molecule has 0 heterocycles. The molecule has 0 unspecified atom stereocenters. The summed E-state index contributed by atoms with van der Waals surface area (Å²) in [5, 5.41) is 15.9. The molecule has 0 aliphatic heterocycles. The number of ether oxygens (including phenoxy) is 1. The predicted octanol–water partition coefficient (Wildman–Crippen LogP) is -1.60. The number of carbonyl (C=O) groups excluding carboxylic acids is 1. The topological polar surface area (TPSA) is 79.9 Å². The van der Waals surface area contributed by atoms with E-state index in [1.165, 1.54) is 7.11 Å². The first-order valence-corrected chi connectivity index (χ1v) is 7.56. The van der Waals surface area contributed by atoms with Crippen LogP contribution in [0.3, 0.4) is 0 Å². The van der Waals surface area contributed by atoms with Gasteiger partial charge in [-0.15, -0.1) is 0 Å². The second kappa shape index (κ2) is 11.1. The van der Waals surface area contributed by atoms with Crippen LogP contribution in [0.15, 0.2) is 17.0 Å². The normalized spacial score (nSPS) is 9.80. The molecule has 20 heavy (non-hydrogen) atoms. The number of rotatable bonds is 7. The number of nitrogens with one attached hydrogen (secondary N) is 1. The minimum absolute atomic E-state index is 0. The summed E-state index contributed by atoms with van der Waals surface area (Å²) >= 11 is 2.91. The quantitative estimate of drug-likeness (QED) is 0.143. The van der Waals surface area contributed by atoms with Gasteiger partial charge in [-0.25, -0.2) is 0 Å². The Labute approximate surface area is 157 Å². The van der Waals surface area contributed by atoms with Gasteiger partial charge in [0.2, 0.25) is 0 Å². The maximum absolute atomic E-state index is 11.9. The Morgan fingerprint density at radius 3 is 2.75 bits per heavy atom. The molecule has 1 aromatic carbocycles. The minimum atomic E-state index is -0.162. The van der Waals surface area contributed by atoms with Crippen molar-refractivity contribution in [3.05, 3.63) is 23.3 Å². The number of amides is 1. The van der Waals surface area contributed by atoms with Crippen LogP contribution in [0.1, 0.15) is 15.9 Å². The summed E-state index contributed by atoms with van der Waals surface area (Å²) in [7, 11) is 1.47. The monoisotopic (exact) mass is 421 g/mol. The molecule has 0 fully saturated rings. The molecule has 1 rings (SSSR count). The Bertz CT molecular complexity index is 449. The van der Waals surface area contributed by atoms with Crippen LogP contribution in [-0.4, -0.2) is 24.0 Å². The van der Waals surface area contributed by atoms with Crippen molar-refractivity contribution in [1.82, 2.24) is 5.32 Å². The van der Waals surface area contributed by atoms with Gasteiger partial charge in [-0.1, -0.05) is 22.6 Å². The second-order valence-corrected chi connectivity index (χ2v) is 5.30. The van der Waals surface area contributed by atoms with Crippen LogP contribution < -0.4 is 44.9 Å². The van der Waals surface area contributed by atoms with Crippen molar-refractivity contribution in [3.63, 3.8) is 0 Å². The summed E-state index contributed by atoms with van der Waals surface area (Å²) in [6.07, 6.45) is 0. The first kappa shape index (κ1) is 20.5. The van der Waals surface area contributed by atoms with Gasteiger partial charge >= 0.3 is 29.6 Å². The average Bonchev–Trinajstić information content (AvgIpc) is 2.42. The number of methoxy groups -OCH3 is 1. The predicted molar refractivity (Wildman–Crippen MR) is 77.0 cm³/mol. The van der Waals surface area contributed by atoms with E-state index in [0.29, 0.717) is 22.8 Å². The van der Waals surface area contributed by atoms with Gasteiger partial charge in [0.1, 0.15) is 5.75 Å². The summed E-state index contributed by atoms with van der Waals surface area (Å²) in [4.78, 5) is 12.5. The second-order valence-electron chi connectivity index (χ2n) is 3.48. The number of halogens is 1. The van der Waals surface area contributed by atoms with E-state index in [0.717, 1.165) is 22.0 Å². The van der Waals surface area contributed by atoms with Crippen molar-refractivity contribution in [2.45, 2.75) is 11.8 Å². The van der Waals surface area contributed by atoms with Crippen LogP contribution in [0, 0.1) is 6.92 Å². The zero-order valence-electron chi connectivity index (χ0n) is 11.4. The van der Waals surface area contributed by atoms with Gasteiger partial charge in [0, 0.05) is 16.5 Å². The summed E-state index contributed by atoms with van der Waals surface area (Å²) in [6, 6.07) is 3.30. The summed E-state index contributed by atoms with van der Waals surface area (Å²) in [6.45, 7) is 2.39. The minimum Gasteiger partial charge on any atom is -0.691 e. The van der Waals surface area contributed by atoms with E-state index >= 15 is 0 Å². The van der Waals surface area contributed by atoms with Gasteiger partial charge in [-0.3, -0.25) is 9.83 Å². The maximum Gasteiger partial charge on any atom is 1.00 e. The Balaban J connectivity index is 0.00000361. The fourth-order valence-electron chi connectivity index (χ4n) is 1.44. The van der Waals surface area contributed by atoms with Gasteiger partial charge in [-0.05, 0) is 24.6 Å². The maximum atomic E-state index is 11.9. The van der Waals surface area contributed by atoms with Gasteiger partial charge in [0.15, 0.2) is 0 Å². The van der Waals surface area contributed by atoms with Crippen LogP contribution >= 0.6 is 34.6 Å². The zero-order chi connectivity index (χ0) is 14.3. The number of aryl methyl sites for hydroxylation is 1. The smallest absolute Gasteiger partial charge is 0.691 e. The molecule has 1 aromatic rings. The summed E-state index contributed by atoms with van der Waals surface area (Å²) < 4.78 is 10.3. The van der Waals surface area contributed by atoms with Crippen LogP contribution in [0.2, 0.25) is 0 Å². The Morgan fingerprint density at radius 2 is 2.20 bits per heavy atom. The van der Waals surface area contributed by atoms with E-state index in [1.807, 2.05) is 0 Å². The summed E-state index contributed by atoms with van der Waals surface area (Å²) in [5.74, 6) is 0.275. The fraction of sp³-hybridized carbons (Fsp3) is 0.364. The molecule has 0 aliphatic rings. The third kappa shape index (κ3) is 6.06. The molecule has 0 bridgehead atoms. The molecule has 1 amide bonds. The molecule has 1 N–H and O–H groups in total. The van der Waals surface area contributed by atoms with Crippen molar-refractivity contribution in [2.75, 3.05) is 18.1 Å². The molecule has 0 radical (unpaired) electrons. The number of alkyl halides is 1. The molecule has 9 heteroatoms. The molecule has 0 aliphatic carbocycles. The van der Waals surface area contributed by atoms with Crippen molar-refractivity contribution < 1.29 is 53.7 Å². The van der Waals surface area contributed by atoms with Gasteiger partial charge < -0.3 is 15.3 Å². The number of hydrogen-bond acceptors (Lipinski definition) is 6. The van der Waals surface area contributed by atoms with Crippen molar-refractivity contribution in [3.8, 4) is 5.75 Å². The van der Waals surface area contributed by atoms with Crippen LogP contribution in [0.4, 0.5) is 0 Å². The Kier molecular flexibility index (Phi) is 11.3. The Morgan fingerprint density at radius 1 is 1.50 bits per heavy atom. The summed E-state index contributed by atoms with van der Waals surface area (Å²) in [5.41, 5.74) is 1.28. The van der Waals surface area contributed by atoms with Crippen molar-refractivity contribution in [1.29, 1.82) is 0 Å². The molecule has 0 spiro atoms. The number of benzene rings is 1. The van der Waals surface area contributed by atoms with E-state index in [2.05, 4.69) is 37.3 Å². The fourth-order valence-corrected chi connectivity index (χ4v) is 2.26. The van der Waals surface area contributed by atoms with Gasteiger partial charge in [-0.2, -0.15) is 4.33 Å². The first-order valence-electron chi connectivity index (χ1n) is 5.30. The van der Waals surface area contributed by atoms with E-state index in [9.17, 15) is 10.1 Å². The molecular formula is C11H13INNaO5S. The van der Waals surface area contributed by atoms with Crippen molar-refractivity contribution >= 4 is 40.5 Å². The van der Waals surface area contributed by atoms with E-state index in [1.54, 1.807) is 19.1 Å². The van der Waals surface area contributed by atoms with Crippen LogP contribution in [0.5, 0.6) is 5.75 Å². The molecule has 106 valence electrons. The van der Waals surface area contributed by atoms with Gasteiger partial charge in [0.05, 0.1) is 24.0 Å². The zero-order valence-corrected chi connectivity index (χ0v) is 16.4. The molecule has 0 atom stereocenters. The standard InChI is InChI=1S/C11H14INO5S.Na/c1-7-5-10(19-18-17-15)9(16-2)6-8(7)11(14)13-4-3-12;/h5-6,15H,3-4H2,1-2H3,(H,13,14);/q;+1/p-1. The van der Waals surface area contributed by atoms with E-state index in [-0.39, 0.29) is 35.5 Å². The third-order valence-electron chi connectivity index (χ3n) is 2.29. The van der Waals surface area contributed by atoms with Gasteiger partial charge in [0.25, 0.3) is 5.91 Å². The third-order valence-corrected chi connectivity index (χ3v) is 3.45. The SMILES string of the molecule is COc1cc(C(=O)NCCI)c(C)cc1SOO[O-].[Na+]. The van der Waals surface area contributed by atoms with Crippen LogP contribution in [0.25, 0.3) is 0 Å². The first-order chi connectivity index (χ1) is 9.13. The van der Waals surface area contributed by atoms with E-state index in [4.69, 9.17) is 4.74 Å². The Hall–Kier alpha value is 0.450. The molecular weight excluding hydrogens is 408 g/mol. The average molecular weight is 421 g/mol. The molecule has 6 nitrogen and oxygen atoms in total. The van der Waals surface area contributed by atoms with Crippen LogP contribution in [-0.2, 0) is 9.37 Å².